The minimum Gasteiger partial charge on any atom is -0.354 e. The van der Waals surface area contributed by atoms with Gasteiger partial charge in [-0.15, -0.1) is 0 Å². The van der Waals surface area contributed by atoms with Crippen LogP contribution in [0.1, 0.15) is 28.7 Å². The lowest BCUT2D eigenvalue weighted by Gasteiger charge is -2.16. The highest BCUT2D eigenvalue weighted by atomic mass is 32.1. The van der Waals surface area contributed by atoms with Gasteiger partial charge in [-0.3, -0.25) is 10.1 Å². The SMILES string of the molecule is COC(CN=C(NC(=S)Nc1ccc(C(C)=O)cc1)Nc1nc(C)cc(C)n1)OC. The number of aliphatic imine (C=N–C) groups is 1. The second-order valence-corrected chi connectivity index (χ2v) is 6.81. The number of nitrogens with zero attached hydrogens (tertiary/aromatic N) is 3. The summed E-state index contributed by atoms with van der Waals surface area (Å²) < 4.78 is 10.4. The summed E-state index contributed by atoms with van der Waals surface area (Å²) in [5.41, 5.74) is 3.00. The molecule has 160 valence electrons. The van der Waals surface area contributed by atoms with E-state index in [1.807, 2.05) is 19.9 Å². The summed E-state index contributed by atoms with van der Waals surface area (Å²) in [4.78, 5) is 24.6. The molecule has 0 fully saturated rings. The lowest BCUT2D eigenvalue weighted by Crippen LogP contribution is -2.40. The number of rotatable bonds is 7. The molecule has 9 nitrogen and oxygen atoms in total. The molecular weight excluding hydrogens is 404 g/mol. The number of ketones is 1. The maximum atomic E-state index is 11.4. The fraction of sp³-hybridized carbons (Fsp3) is 0.350. The molecule has 1 aromatic carbocycles. The van der Waals surface area contributed by atoms with Crippen LogP contribution < -0.4 is 16.0 Å². The first kappa shape index (κ1) is 23.3. The van der Waals surface area contributed by atoms with Crippen LogP contribution in [0.4, 0.5) is 11.6 Å². The van der Waals surface area contributed by atoms with Crippen molar-refractivity contribution in [3.8, 4) is 0 Å². The Morgan fingerprint density at radius 1 is 1.10 bits per heavy atom. The van der Waals surface area contributed by atoms with E-state index < -0.39 is 6.29 Å². The zero-order chi connectivity index (χ0) is 22.1. The van der Waals surface area contributed by atoms with E-state index in [2.05, 4.69) is 30.9 Å². The summed E-state index contributed by atoms with van der Waals surface area (Å²) >= 11 is 5.39. The summed E-state index contributed by atoms with van der Waals surface area (Å²) in [5, 5.41) is 9.38. The van der Waals surface area contributed by atoms with Gasteiger partial charge < -0.3 is 20.1 Å². The number of hydrogen-bond donors (Lipinski definition) is 3. The standard InChI is InChI=1S/C20H26N6O3S/c1-12-10-13(2)23-19(22-12)25-18(21-11-17(28-4)29-5)26-20(30)24-16-8-6-15(7-9-16)14(3)27/h6-10,17H,11H2,1-5H3,(H3,21,22,23,24,25,26,30). The van der Waals surface area contributed by atoms with Gasteiger partial charge in [0.25, 0.3) is 0 Å². The van der Waals surface area contributed by atoms with Crippen LogP contribution in [0.3, 0.4) is 0 Å². The van der Waals surface area contributed by atoms with Crippen LogP contribution in [-0.4, -0.2) is 53.9 Å². The number of ether oxygens (including phenoxy) is 2. The lowest BCUT2D eigenvalue weighted by molar-refractivity contribution is -0.0937. The molecule has 0 atom stereocenters. The first-order chi connectivity index (χ1) is 14.3. The van der Waals surface area contributed by atoms with Gasteiger partial charge in [-0.25, -0.2) is 15.0 Å². The summed E-state index contributed by atoms with van der Waals surface area (Å²) in [5.74, 6) is 0.718. The van der Waals surface area contributed by atoms with Crippen LogP contribution in [-0.2, 0) is 9.47 Å². The topological polar surface area (TPSA) is 110 Å². The maximum Gasteiger partial charge on any atom is 0.229 e. The molecule has 2 aromatic rings. The van der Waals surface area contributed by atoms with Gasteiger partial charge in [-0.1, -0.05) is 0 Å². The highest BCUT2D eigenvalue weighted by Gasteiger charge is 2.10. The minimum absolute atomic E-state index is 0.000148. The predicted octanol–water partition coefficient (Wildman–Crippen LogP) is 2.67. The number of carbonyl (C=O) groups is 1. The van der Waals surface area contributed by atoms with E-state index in [0.717, 1.165) is 17.1 Å². The maximum absolute atomic E-state index is 11.4. The van der Waals surface area contributed by atoms with E-state index in [0.29, 0.717) is 22.6 Å². The number of anilines is 2. The number of carbonyl (C=O) groups excluding carboxylic acids is 1. The lowest BCUT2D eigenvalue weighted by atomic mass is 10.1. The van der Waals surface area contributed by atoms with Gasteiger partial charge in [0.2, 0.25) is 11.9 Å². The predicted molar refractivity (Wildman–Crippen MR) is 121 cm³/mol. The van der Waals surface area contributed by atoms with E-state index in [4.69, 9.17) is 21.7 Å². The summed E-state index contributed by atoms with van der Waals surface area (Å²) in [6.07, 6.45) is -0.510. The number of benzene rings is 1. The number of aryl methyl sites for hydroxylation is 2. The molecule has 0 bridgehead atoms. The molecule has 30 heavy (non-hydrogen) atoms. The summed E-state index contributed by atoms with van der Waals surface area (Å²) in [6, 6.07) is 8.87. The highest BCUT2D eigenvalue weighted by molar-refractivity contribution is 7.80. The molecule has 1 aromatic heterocycles. The van der Waals surface area contributed by atoms with E-state index >= 15 is 0 Å². The van der Waals surface area contributed by atoms with E-state index in [1.54, 1.807) is 24.3 Å². The Labute approximate surface area is 181 Å². The molecule has 0 aliphatic heterocycles. The van der Waals surface area contributed by atoms with E-state index in [9.17, 15) is 4.79 Å². The third-order valence-corrected chi connectivity index (χ3v) is 4.12. The van der Waals surface area contributed by atoms with Crippen molar-refractivity contribution >= 4 is 40.7 Å². The van der Waals surface area contributed by atoms with Gasteiger partial charge in [0.15, 0.2) is 17.2 Å². The van der Waals surface area contributed by atoms with Crippen LogP contribution in [0, 0.1) is 13.8 Å². The monoisotopic (exact) mass is 430 g/mol. The zero-order valence-electron chi connectivity index (χ0n) is 17.6. The van der Waals surface area contributed by atoms with Crippen LogP contribution in [0.5, 0.6) is 0 Å². The number of nitrogens with one attached hydrogen (secondary N) is 3. The smallest absolute Gasteiger partial charge is 0.229 e. The number of methoxy groups -OCH3 is 2. The fourth-order valence-corrected chi connectivity index (χ4v) is 2.68. The molecule has 3 N–H and O–H groups in total. The molecule has 0 saturated carbocycles. The van der Waals surface area contributed by atoms with Crippen molar-refractivity contribution < 1.29 is 14.3 Å². The molecule has 0 radical (unpaired) electrons. The van der Waals surface area contributed by atoms with Gasteiger partial charge in [0.05, 0.1) is 6.54 Å². The molecule has 2 rings (SSSR count). The highest BCUT2D eigenvalue weighted by Crippen LogP contribution is 2.10. The Morgan fingerprint density at radius 3 is 2.23 bits per heavy atom. The van der Waals surface area contributed by atoms with Crippen LogP contribution in [0.2, 0.25) is 0 Å². The first-order valence-electron chi connectivity index (χ1n) is 9.19. The Hall–Kier alpha value is -2.95. The van der Waals surface area contributed by atoms with E-state index in [-0.39, 0.29) is 12.3 Å². The average molecular weight is 431 g/mol. The molecule has 0 aliphatic carbocycles. The molecule has 0 aliphatic rings. The molecule has 10 heteroatoms. The van der Waals surface area contributed by atoms with Crippen molar-refractivity contribution in [2.75, 3.05) is 31.4 Å². The number of Topliss-reactive ketones (excluding diaryl/α,β-unsaturated/α-hetero) is 1. The van der Waals surface area contributed by atoms with Crippen molar-refractivity contribution in [3.63, 3.8) is 0 Å². The first-order valence-corrected chi connectivity index (χ1v) is 9.60. The summed E-state index contributed by atoms with van der Waals surface area (Å²) in [7, 11) is 3.07. The van der Waals surface area contributed by atoms with Crippen molar-refractivity contribution in [3.05, 3.63) is 47.3 Å². The third kappa shape index (κ3) is 7.47. The van der Waals surface area contributed by atoms with Crippen LogP contribution in [0.25, 0.3) is 0 Å². The van der Waals surface area contributed by atoms with Crippen molar-refractivity contribution in [2.24, 2.45) is 4.99 Å². The minimum atomic E-state index is -0.510. The molecule has 0 amide bonds. The molecule has 0 saturated heterocycles. The Bertz CT molecular complexity index is 893. The normalized spacial score (nSPS) is 11.3. The van der Waals surface area contributed by atoms with Crippen LogP contribution in [0.15, 0.2) is 35.3 Å². The average Bonchev–Trinajstić information content (AvgIpc) is 2.68. The van der Waals surface area contributed by atoms with E-state index in [1.165, 1.54) is 21.1 Å². The van der Waals surface area contributed by atoms with Crippen molar-refractivity contribution in [1.29, 1.82) is 0 Å². The molecule has 0 unspecified atom stereocenters. The van der Waals surface area contributed by atoms with Gasteiger partial charge in [0, 0.05) is 36.9 Å². The van der Waals surface area contributed by atoms with Gasteiger partial charge in [-0.05, 0) is 63.3 Å². The van der Waals surface area contributed by atoms with Gasteiger partial charge in [-0.2, -0.15) is 0 Å². The van der Waals surface area contributed by atoms with Crippen molar-refractivity contribution in [2.45, 2.75) is 27.1 Å². The van der Waals surface area contributed by atoms with Gasteiger partial charge in [0.1, 0.15) is 0 Å². The Morgan fingerprint density at radius 2 is 1.70 bits per heavy atom. The number of thiocarbonyl (C=S) groups is 1. The van der Waals surface area contributed by atoms with Crippen molar-refractivity contribution in [1.82, 2.24) is 15.3 Å². The Kier molecular flexibility index (Phi) is 8.78. The molecule has 1 heterocycles. The largest absolute Gasteiger partial charge is 0.354 e. The molecular formula is C20H26N6O3S. The third-order valence-electron chi connectivity index (χ3n) is 3.92. The van der Waals surface area contributed by atoms with Crippen LogP contribution >= 0.6 is 12.2 Å². The quantitative estimate of drug-likeness (QED) is 0.201. The number of guanidine groups is 1. The fourth-order valence-electron chi connectivity index (χ4n) is 2.47. The number of hydrogen-bond acceptors (Lipinski definition) is 7. The Balaban J connectivity index is 2.13. The molecule has 0 spiro atoms. The second kappa shape index (κ2) is 11.3. The zero-order valence-corrected chi connectivity index (χ0v) is 18.5. The summed E-state index contributed by atoms with van der Waals surface area (Å²) in [6.45, 7) is 5.51. The van der Waals surface area contributed by atoms with Gasteiger partial charge >= 0.3 is 0 Å². The number of aromatic nitrogens is 2. The second-order valence-electron chi connectivity index (χ2n) is 6.40.